The Bertz CT molecular complexity index is 93.6. The standard InChI is InChI=1S/C9H20O4/c1-10-7-8-13-6-4-5-9(11-2)12-3/h9H,4-8H2,1-3H3. The first-order valence-corrected chi connectivity index (χ1v) is 4.47. The van der Waals surface area contributed by atoms with Gasteiger partial charge in [-0.2, -0.15) is 0 Å². The summed E-state index contributed by atoms with van der Waals surface area (Å²) in [5, 5.41) is 0. The van der Waals surface area contributed by atoms with Crippen molar-refractivity contribution >= 4 is 0 Å². The molecule has 0 unspecified atom stereocenters. The molecule has 0 N–H and O–H groups in total. The van der Waals surface area contributed by atoms with Gasteiger partial charge < -0.3 is 18.9 Å². The molecular weight excluding hydrogens is 172 g/mol. The maximum absolute atomic E-state index is 5.28. The Hall–Kier alpha value is -0.160. The monoisotopic (exact) mass is 192 g/mol. The van der Waals surface area contributed by atoms with Crippen molar-refractivity contribution in [2.75, 3.05) is 41.2 Å². The molecule has 80 valence electrons. The van der Waals surface area contributed by atoms with Crippen molar-refractivity contribution in [3.05, 3.63) is 0 Å². The topological polar surface area (TPSA) is 36.9 Å². The summed E-state index contributed by atoms with van der Waals surface area (Å²) in [6, 6.07) is 0. The van der Waals surface area contributed by atoms with Crippen molar-refractivity contribution < 1.29 is 18.9 Å². The van der Waals surface area contributed by atoms with E-state index in [9.17, 15) is 0 Å². The first-order chi connectivity index (χ1) is 6.35. The van der Waals surface area contributed by atoms with Gasteiger partial charge in [0.2, 0.25) is 0 Å². The van der Waals surface area contributed by atoms with Gasteiger partial charge >= 0.3 is 0 Å². The van der Waals surface area contributed by atoms with Crippen molar-refractivity contribution in [1.29, 1.82) is 0 Å². The summed E-state index contributed by atoms with van der Waals surface area (Å²) in [5.74, 6) is 0. The van der Waals surface area contributed by atoms with E-state index in [-0.39, 0.29) is 6.29 Å². The maximum atomic E-state index is 5.28. The molecule has 0 radical (unpaired) electrons. The lowest BCUT2D eigenvalue weighted by molar-refractivity contribution is -0.109. The SMILES string of the molecule is COCCOCCCC(OC)OC. The number of ether oxygens (including phenoxy) is 4. The fraction of sp³-hybridized carbons (Fsp3) is 1.00. The van der Waals surface area contributed by atoms with Gasteiger partial charge in [0.1, 0.15) is 0 Å². The molecule has 13 heavy (non-hydrogen) atoms. The van der Waals surface area contributed by atoms with Crippen molar-refractivity contribution in [2.24, 2.45) is 0 Å². The Morgan fingerprint density at radius 2 is 1.62 bits per heavy atom. The number of methoxy groups -OCH3 is 3. The summed E-state index contributed by atoms with van der Waals surface area (Å²) in [5.41, 5.74) is 0. The summed E-state index contributed by atoms with van der Waals surface area (Å²) < 4.78 is 20.2. The van der Waals surface area contributed by atoms with E-state index >= 15 is 0 Å². The number of rotatable bonds is 9. The molecule has 0 aromatic heterocycles. The van der Waals surface area contributed by atoms with Gasteiger partial charge in [-0.3, -0.25) is 0 Å². The van der Waals surface area contributed by atoms with Gasteiger partial charge in [-0.25, -0.2) is 0 Å². The van der Waals surface area contributed by atoms with Crippen LogP contribution in [0.1, 0.15) is 12.8 Å². The molecule has 4 heteroatoms. The largest absolute Gasteiger partial charge is 0.382 e. The van der Waals surface area contributed by atoms with Crippen LogP contribution < -0.4 is 0 Å². The van der Waals surface area contributed by atoms with Crippen molar-refractivity contribution in [1.82, 2.24) is 0 Å². The Balaban J connectivity index is 3.05. The van der Waals surface area contributed by atoms with E-state index in [4.69, 9.17) is 18.9 Å². The molecule has 0 saturated carbocycles. The molecule has 4 nitrogen and oxygen atoms in total. The zero-order valence-corrected chi connectivity index (χ0v) is 8.75. The smallest absolute Gasteiger partial charge is 0.156 e. The quantitative estimate of drug-likeness (QED) is 0.404. The van der Waals surface area contributed by atoms with Crippen LogP contribution in [0.2, 0.25) is 0 Å². The molecule has 0 atom stereocenters. The van der Waals surface area contributed by atoms with Crippen LogP contribution in [0.3, 0.4) is 0 Å². The molecule has 0 aliphatic rings. The highest BCUT2D eigenvalue weighted by molar-refractivity contribution is 4.44. The van der Waals surface area contributed by atoms with Crippen LogP contribution in [0.5, 0.6) is 0 Å². The van der Waals surface area contributed by atoms with Crippen molar-refractivity contribution in [3.8, 4) is 0 Å². The van der Waals surface area contributed by atoms with Gasteiger partial charge in [-0.1, -0.05) is 0 Å². The van der Waals surface area contributed by atoms with Crippen molar-refractivity contribution in [2.45, 2.75) is 19.1 Å². The molecule has 0 aliphatic carbocycles. The fourth-order valence-electron chi connectivity index (χ4n) is 0.928. The minimum atomic E-state index is -0.106. The molecule has 0 spiro atoms. The minimum absolute atomic E-state index is 0.106. The van der Waals surface area contributed by atoms with Crippen LogP contribution in [-0.4, -0.2) is 47.4 Å². The second kappa shape index (κ2) is 9.92. The van der Waals surface area contributed by atoms with E-state index in [0.717, 1.165) is 19.4 Å². The van der Waals surface area contributed by atoms with Crippen molar-refractivity contribution in [3.63, 3.8) is 0 Å². The highest BCUT2D eigenvalue weighted by Crippen LogP contribution is 2.01. The molecule has 0 rings (SSSR count). The second-order valence-corrected chi connectivity index (χ2v) is 2.65. The van der Waals surface area contributed by atoms with Crippen LogP contribution >= 0.6 is 0 Å². The summed E-state index contributed by atoms with van der Waals surface area (Å²) in [6.45, 7) is 2.03. The molecular formula is C9H20O4. The molecule has 0 fully saturated rings. The predicted octanol–water partition coefficient (Wildman–Crippen LogP) is 1.05. The Kier molecular flexibility index (Phi) is 9.80. The number of hydrogen-bond donors (Lipinski definition) is 0. The average molecular weight is 192 g/mol. The Labute approximate surface area is 80.1 Å². The van der Waals surface area contributed by atoms with E-state index < -0.39 is 0 Å². The zero-order valence-electron chi connectivity index (χ0n) is 8.75. The molecule has 0 amide bonds. The van der Waals surface area contributed by atoms with E-state index in [1.54, 1.807) is 21.3 Å². The van der Waals surface area contributed by atoms with Gasteiger partial charge in [-0.05, 0) is 6.42 Å². The first kappa shape index (κ1) is 12.8. The van der Waals surface area contributed by atoms with Gasteiger partial charge in [-0.15, -0.1) is 0 Å². The van der Waals surface area contributed by atoms with Crippen LogP contribution in [0.4, 0.5) is 0 Å². The van der Waals surface area contributed by atoms with Crippen LogP contribution in [0.25, 0.3) is 0 Å². The van der Waals surface area contributed by atoms with Gasteiger partial charge in [0.15, 0.2) is 6.29 Å². The van der Waals surface area contributed by atoms with E-state index in [1.807, 2.05) is 0 Å². The molecule has 0 aliphatic heterocycles. The maximum Gasteiger partial charge on any atom is 0.156 e. The lowest BCUT2D eigenvalue weighted by atomic mass is 10.3. The van der Waals surface area contributed by atoms with Gasteiger partial charge in [0.05, 0.1) is 13.2 Å². The van der Waals surface area contributed by atoms with Gasteiger partial charge in [0.25, 0.3) is 0 Å². The van der Waals surface area contributed by atoms with E-state index in [0.29, 0.717) is 13.2 Å². The van der Waals surface area contributed by atoms with E-state index in [2.05, 4.69) is 0 Å². The average Bonchev–Trinajstić information content (AvgIpc) is 2.17. The second-order valence-electron chi connectivity index (χ2n) is 2.65. The van der Waals surface area contributed by atoms with Crippen LogP contribution in [0, 0.1) is 0 Å². The Morgan fingerprint density at radius 3 is 2.15 bits per heavy atom. The molecule has 0 bridgehead atoms. The highest BCUT2D eigenvalue weighted by Gasteiger charge is 2.03. The third-order valence-corrected chi connectivity index (χ3v) is 1.69. The lowest BCUT2D eigenvalue weighted by Crippen LogP contribution is -2.14. The summed E-state index contributed by atoms with van der Waals surface area (Å²) in [4.78, 5) is 0. The van der Waals surface area contributed by atoms with Crippen LogP contribution in [0.15, 0.2) is 0 Å². The Morgan fingerprint density at radius 1 is 0.923 bits per heavy atom. The molecule has 0 aromatic carbocycles. The van der Waals surface area contributed by atoms with Crippen LogP contribution in [-0.2, 0) is 18.9 Å². The third-order valence-electron chi connectivity index (χ3n) is 1.69. The summed E-state index contributed by atoms with van der Waals surface area (Å²) >= 11 is 0. The van der Waals surface area contributed by atoms with Gasteiger partial charge in [0, 0.05) is 34.4 Å². The third kappa shape index (κ3) is 8.18. The predicted molar refractivity (Wildman–Crippen MR) is 49.7 cm³/mol. The fourth-order valence-corrected chi connectivity index (χ4v) is 0.928. The molecule has 0 aromatic rings. The minimum Gasteiger partial charge on any atom is -0.382 e. The lowest BCUT2D eigenvalue weighted by Gasteiger charge is -2.12. The highest BCUT2D eigenvalue weighted by atomic mass is 16.7. The number of hydrogen-bond acceptors (Lipinski definition) is 4. The molecule has 0 saturated heterocycles. The zero-order chi connectivity index (χ0) is 9.94. The summed E-state index contributed by atoms with van der Waals surface area (Å²) in [7, 11) is 4.94. The first-order valence-electron chi connectivity index (χ1n) is 4.47. The molecule has 0 heterocycles. The van der Waals surface area contributed by atoms with E-state index in [1.165, 1.54) is 0 Å². The summed E-state index contributed by atoms with van der Waals surface area (Å²) in [6.07, 6.45) is 1.70. The normalized spacial score (nSPS) is 11.1.